The fourth-order valence-electron chi connectivity index (χ4n) is 1.96. The van der Waals surface area contributed by atoms with Crippen LogP contribution in [-0.4, -0.2) is 42.8 Å². The average Bonchev–Trinajstić information content (AvgIpc) is 2.74. The van der Waals surface area contributed by atoms with Crippen LogP contribution >= 0.6 is 23.5 Å². The molecule has 0 N–H and O–H groups in total. The smallest absolute Gasteiger partial charge is 0.153 e. The van der Waals surface area contributed by atoms with E-state index >= 15 is 0 Å². The maximum atomic E-state index is 12.2. The molecule has 0 radical (unpaired) electrons. The van der Waals surface area contributed by atoms with E-state index in [0.717, 1.165) is 23.6 Å². The minimum absolute atomic E-state index is 0.140. The summed E-state index contributed by atoms with van der Waals surface area (Å²) in [7, 11) is 1.82. The van der Waals surface area contributed by atoms with E-state index in [9.17, 15) is 4.79 Å². The number of carbonyl (C=O) groups is 1. The van der Waals surface area contributed by atoms with E-state index < -0.39 is 0 Å². The van der Waals surface area contributed by atoms with Gasteiger partial charge in [0.15, 0.2) is 5.78 Å². The maximum absolute atomic E-state index is 12.2. The number of Topliss-reactive ketones (excluding diaryl/α,β-unsaturated/α-hetero) is 1. The molecule has 1 saturated heterocycles. The number of hydrogen-bond acceptors (Lipinski definition) is 5. The first-order valence-electron chi connectivity index (χ1n) is 5.82. The van der Waals surface area contributed by atoms with Gasteiger partial charge in [-0.3, -0.25) is 9.48 Å². The Kier molecular flexibility index (Phi) is 4.50. The number of aromatic nitrogens is 3. The van der Waals surface area contributed by atoms with Crippen LogP contribution < -0.4 is 0 Å². The van der Waals surface area contributed by atoms with Gasteiger partial charge in [-0.25, -0.2) is 0 Å². The number of aryl methyl sites for hydroxylation is 1. The molecule has 0 spiro atoms. The lowest BCUT2D eigenvalue weighted by molar-refractivity contribution is -0.118. The van der Waals surface area contributed by atoms with E-state index in [1.807, 2.05) is 25.0 Å². The van der Waals surface area contributed by atoms with E-state index in [-0.39, 0.29) is 5.25 Å². The Morgan fingerprint density at radius 2 is 2.29 bits per heavy atom. The number of hydrogen-bond donors (Lipinski definition) is 0. The Bertz CT molecular complexity index is 394. The van der Waals surface area contributed by atoms with Crippen LogP contribution in [0.2, 0.25) is 0 Å². The number of ketones is 1. The summed E-state index contributed by atoms with van der Waals surface area (Å²) < 4.78 is 1.64. The second-order valence-corrected chi connectivity index (χ2v) is 6.73. The van der Waals surface area contributed by atoms with Crippen LogP contribution in [0.4, 0.5) is 0 Å². The third-order valence-electron chi connectivity index (χ3n) is 2.78. The van der Waals surface area contributed by atoms with Gasteiger partial charge >= 0.3 is 0 Å². The highest BCUT2D eigenvalue weighted by atomic mass is 32.2. The molecule has 6 heteroatoms. The highest BCUT2D eigenvalue weighted by molar-refractivity contribution is 8.07. The molecular formula is C11H17N3OS2. The zero-order valence-electron chi connectivity index (χ0n) is 10.1. The fraction of sp³-hybridized carbons (Fsp3) is 0.727. The summed E-state index contributed by atoms with van der Waals surface area (Å²) in [5.41, 5.74) is 0.781. The van der Waals surface area contributed by atoms with Crippen molar-refractivity contribution in [3.63, 3.8) is 0 Å². The van der Waals surface area contributed by atoms with Crippen molar-refractivity contribution >= 4 is 29.3 Å². The van der Waals surface area contributed by atoms with Gasteiger partial charge in [-0.05, 0) is 6.42 Å². The highest BCUT2D eigenvalue weighted by Crippen LogP contribution is 2.34. The fourth-order valence-corrected chi connectivity index (χ4v) is 4.99. The van der Waals surface area contributed by atoms with Crippen molar-refractivity contribution in [2.75, 3.05) is 11.5 Å². The molecule has 1 aromatic heterocycles. The summed E-state index contributed by atoms with van der Waals surface area (Å²) >= 11 is 3.74. The van der Waals surface area contributed by atoms with Crippen molar-refractivity contribution in [2.24, 2.45) is 7.05 Å². The number of thioether (sulfide) groups is 2. The van der Waals surface area contributed by atoms with Gasteiger partial charge in [0.05, 0.1) is 17.4 Å². The second-order valence-electron chi connectivity index (χ2n) is 4.14. The molecule has 94 valence electrons. The quantitative estimate of drug-likeness (QED) is 0.831. The summed E-state index contributed by atoms with van der Waals surface area (Å²) in [6, 6.07) is 0. The summed E-state index contributed by atoms with van der Waals surface area (Å²) in [6.45, 7) is 2.16. The normalized spacial score (nSPS) is 24.8. The molecule has 2 heterocycles. The molecule has 0 saturated carbocycles. The molecule has 1 fully saturated rings. The predicted molar refractivity (Wildman–Crippen MR) is 72.5 cm³/mol. The van der Waals surface area contributed by atoms with Crippen molar-refractivity contribution in [3.05, 3.63) is 11.9 Å². The molecule has 0 aliphatic carbocycles. The minimum atomic E-state index is 0.140. The van der Waals surface area contributed by atoms with E-state index in [4.69, 9.17) is 0 Å². The van der Waals surface area contributed by atoms with Gasteiger partial charge in [0, 0.05) is 30.0 Å². The lowest BCUT2D eigenvalue weighted by Gasteiger charge is -2.28. The molecule has 2 atom stereocenters. The number of nitrogens with zero attached hydrogens (tertiary/aromatic N) is 3. The van der Waals surface area contributed by atoms with Gasteiger partial charge < -0.3 is 0 Å². The van der Waals surface area contributed by atoms with Crippen molar-refractivity contribution in [3.8, 4) is 0 Å². The van der Waals surface area contributed by atoms with Gasteiger partial charge in [0.2, 0.25) is 0 Å². The maximum Gasteiger partial charge on any atom is 0.153 e. The van der Waals surface area contributed by atoms with Crippen LogP contribution in [0.1, 0.15) is 19.0 Å². The summed E-state index contributed by atoms with van der Waals surface area (Å²) in [5.74, 6) is 2.55. The summed E-state index contributed by atoms with van der Waals surface area (Å²) in [4.78, 5) is 12.2. The zero-order valence-corrected chi connectivity index (χ0v) is 11.8. The van der Waals surface area contributed by atoms with Crippen LogP contribution in [0.3, 0.4) is 0 Å². The molecule has 2 rings (SSSR count). The molecule has 4 nitrogen and oxygen atoms in total. The molecule has 2 unspecified atom stereocenters. The molecule has 0 bridgehead atoms. The zero-order chi connectivity index (χ0) is 12.3. The van der Waals surface area contributed by atoms with Crippen molar-refractivity contribution in [1.82, 2.24) is 15.0 Å². The van der Waals surface area contributed by atoms with Crippen molar-refractivity contribution in [2.45, 2.75) is 30.3 Å². The van der Waals surface area contributed by atoms with Crippen LogP contribution in [-0.2, 0) is 18.3 Å². The topological polar surface area (TPSA) is 47.8 Å². The van der Waals surface area contributed by atoms with E-state index in [2.05, 4.69) is 17.2 Å². The first-order chi connectivity index (χ1) is 8.20. The van der Waals surface area contributed by atoms with Gasteiger partial charge in [-0.1, -0.05) is 12.1 Å². The monoisotopic (exact) mass is 271 g/mol. The predicted octanol–water partition coefficient (Wildman–Crippen LogP) is 1.55. The molecular weight excluding hydrogens is 254 g/mol. The summed E-state index contributed by atoms with van der Waals surface area (Å²) in [6.07, 6.45) is 3.30. The Hall–Kier alpha value is -0.490. The van der Waals surface area contributed by atoms with Crippen LogP contribution in [0, 0.1) is 0 Å². The lowest BCUT2D eigenvalue weighted by atomic mass is 10.1. The average molecular weight is 271 g/mol. The molecule has 17 heavy (non-hydrogen) atoms. The van der Waals surface area contributed by atoms with Crippen molar-refractivity contribution < 1.29 is 4.79 Å². The van der Waals surface area contributed by atoms with Crippen LogP contribution in [0.5, 0.6) is 0 Å². The van der Waals surface area contributed by atoms with Crippen LogP contribution in [0.15, 0.2) is 6.20 Å². The SMILES string of the molecule is CCC1SCCSC1C(=O)Cc1cn(C)nn1. The highest BCUT2D eigenvalue weighted by Gasteiger charge is 2.31. The van der Waals surface area contributed by atoms with Gasteiger partial charge in [0.25, 0.3) is 0 Å². The van der Waals surface area contributed by atoms with Gasteiger partial charge in [-0.15, -0.1) is 16.9 Å². The summed E-state index contributed by atoms with van der Waals surface area (Å²) in [5, 5.41) is 8.44. The third-order valence-corrected chi connectivity index (χ3v) is 6.07. The standard InChI is InChI=1S/C11H17N3OS2/c1-3-10-11(17-5-4-16-10)9(15)6-8-7-14(2)13-12-8/h7,10-11H,3-6H2,1-2H3. The Morgan fingerprint density at radius 3 is 2.94 bits per heavy atom. The van der Waals surface area contributed by atoms with E-state index in [0.29, 0.717) is 17.5 Å². The Balaban J connectivity index is 1.98. The number of rotatable bonds is 4. The molecule has 1 aliphatic heterocycles. The van der Waals surface area contributed by atoms with Gasteiger partial charge in [0.1, 0.15) is 0 Å². The first-order valence-corrected chi connectivity index (χ1v) is 7.91. The Labute approximate surface area is 110 Å². The van der Waals surface area contributed by atoms with Crippen LogP contribution in [0.25, 0.3) is 0 Å². The van der Waals surface area contributed by atoms with E-state index in [1.165, 1.54) is 0 Å². The largest absolute Gasteiger partial charge is 0.298 e. The molecule has 1 aromatic rings. The number of carbonyl (C=O) groups excluding carboxylic acids is 1. The molecule has 0 aromatic carbocycles. The first kappa shape index (κ1) is 13.0. The Morgan fingerprint density at radius 1 is 1.53 bits per heavy atom. The van der Waals surface area contributed by atoms with E-state index in [1.54, 1.807) is 16.4 Å². The molecule has 1 aliphatic rings. The van der Waals surface area contributed by atoms with Gasteiger partial charge in [-0.2, -0.15) is 11.8 Å². The minimum Gasteiger partial charge on any atom is -0.298 e. The second kappa shape index (κ2) is 5.91. The molecule has 0 amide bonds. The lowest BCUT2D eigenvalue weighted by Crippen LogP contribution is -2.33. The third kappa shape index (κ3) is 3.25. The van der Waals surface area contributed by atoms with Crippen molar-refractivity contribution in [1.29, 1.82) is 0 Å².